The number of nitrogens with zero attached hydrogens (tertiary/aromatic N) is 4. The quantitative estimate of drug-likeness (QED) is 0.139. The van der Waals surface area contributed by atoms with E-state index in [0.717, 1.165) is 112 Å². The molecule has 5 heterocycles. The molecule has 4 aromatic carbocycles. The summed E-state index contributed by atoms with van der Waals surface area (Å²) in [6.45, 7) is 0. The molecule has 7 aromatic rings. The minimum Gasteiger partial charge on any atom is -0.657 e. The summed E-state index contributed by atoms with van der Waals surface area (Å²) in [5, 5.41) is 0. The molecule has 2 aliphatic rings. The molecule has 57 heavy (non-hydrogen) atoms. The van der Waals surface area contributed by atoms with Crippen LogP contribution in [0.3, 0.4) is 0 Å². The number of benzene rings is 4. The topological polar surface area (TPSA) is 90.9 Å². The molecule has 0 amide bonds. The van der Waals surface area contributed by atoms with Crippen LogP contribution in [0.2, 0.25) is 0 Å². The van der Waals surface area contributed by atoms with Crippen molar-refractivity contribution in [3.63, 3.8) is 0 Å². The molecule has 0 spiro atoms. The second-order valence-corrected chi connectivity index (χ2v) is 13.3. The van der Waals surface area contributed by atoms with Gasteiger partial charge in [-0.15, -0.1) is 22.1 Å². The van der Waals surface area contributed by atoms with Gasteiger partial charge >= 0.3 is 0 Å². The molecule has 0 N–H and O–H groups in total. The number of methoxy groups -OCH3 is 4. The number of hydrogen-bond donors (Lipinski definition) is 0. The second-order valence-electron chi connectivity index (χ2n) is 13.3. The van der Waals surface area contributed by atoms with E-state index >= 15 is 0 Å². The molecule has 285 valence electrons. The molecule has 0 aliphatic carbocycles. The Balaban J connectivity index is 0.00000455. The molecular formula is C48H36AuN4O4-2. The zero-order valence-corrected chi connectivity index (χ0v) is 33.7. The third-order valence-corrected chi connectivity index (χ3v) is 10.1. The maximum atomic E-state index is 5.52. The minimum atomic E-state index is 0. The van der Waals surface area contributed by atoms with Gasteiger partial charge in [-0.1, -0.05) is 72.8 Å². The van der Waals surface area contributed by atoms with Crippen molar-refractivity contribution in [2.45, 2.75) is 0 Å². The van der Waals surface area contributed by atoms with Crippen molar-refractivity contribution in [2.75, 3.05) is 28.4 Å². The van der Waals surface area contributed by atoms with E-state index in [4.69, 9.17) is 38.9 Å². The fourth-order valence-electron chi connectivity index (χ4n) is 7.30. The van der Waals surface area contributed by atoms with Gasteiger partial charge < -0.3 is 28.9 Å². The fraction of sp³-hybridized carbons (Fsp3) is 0.0833. The van der Waals surface area contributed by atoms with Crippen LogP contribution >= 0.6 is 0 Å². The van der Waals surface area contributed by atoms with Crippen molar-refractivity contribution >= 4 is 46.4 Å². The first-order chi connectivity index (χ1) is 27.5. The molecule has 8 nitrogen and oxygen atoms in total. The Morgan fingerprint density at radius 1 is 0.316 bits per heavy atom. The summed E-state index contributed by atoms with van der Waals surface area (Å²) < 4.78 is 22.1. The third kappa shape index (κ3) is 7.06. The van der Waals surface area contributed by atoms with Crippen LogP contribution in [0.15, 0.2) is 121 Å². The van der Waals surface area contributed by atoms with Crippen molar-refractivity contribution in [1.29, 1.82) is 0 Å². The Morgan fingerprint density at radius 2 is 0.561 bits per heavy atom. The predicted molar refractivity (Wildman–Crippen MR) is 225 cm³/mol. The Labute approximate surface area is 346 Å². The molecular weight excluding hydrogens is 894 g/mol. The largest absolute Gasteiger partial charge is 0.657 e. The molecule has 0 atom stereocenters. The SMILES string of the molecule is COc1ccc(-c2c3nc(c(-c4ccc(OC)cc4)c4ccc([n-]4)c(-c4ccc(OC)cc4)c4ccc([n-]4)c(-c4ccc(OC)cc4)c4nc2C=C4)C=C3)cc1.[Au]. The van der Waals surface area contributed by atoms with E-state index in [9.17, 15) is 0 Å². The smallest absolute Gasteiger partial charge is 0.118 e. The zero-order valence-electron chi connectivity index (χ0n) is 31.6. The number of rotatable bonds is 8. The van der Waals surface area contributed by atoms with Crippen LogP contribution in [0.1, 0.15) is 22.8 Å². The van der Waals surface area contributed by atoms with E-state index in [1.807, 2.05) is 97.1 Å². The summed E-state index contributed by atoms with van der Waals surface area (Å²) in [6.07, 6.45) is 8.23. The number of ether oxygens (including phenoxy) is 4. The first-order valence-electron chi connectivity index (χ1n) is 18.2. The van der Waals surface area contributed by atoms with E-state index in [2.05, 4.69) is 48.6 Å². The van der Waals surface area contributed by atoms with E-state index in [1.165, 1.54) is 0 Å². The first kappa shape index (κ1) is 37.3. The van der Waals surface area contributed by atoms with E-state index in [0.29, 0.717) is 0 Å². The van der Waals surface area contributed by atoms with Gasteiger partial charge in [0.05, 0.1) is 51.2 Å². The van der Waals surface area contributed by atoms with Gasteiger partial charge in [0.2, 0.25) is 0 Å². The molecule has 1 radical (unpaired) electrons. The molecule has 2 aliphatic heterocycles. The van der Waals surface area contributed by atoms with Crippen LogP contribution in [0.5, 0.6) is 23.0 Å². The van der Waals surface area contributed by atoms with Crippen molar-refractivity contribution in [3.05, 3.63) is 144 Å². The van der Waals surface area contributed by atoms with Crippen molar-refractivity contribution < 1.29 is 41.3 Å². The average Bonchev–Trinajstić information content (AvgIpc) is 4.10. The number of aromatic nitrogens is 4. The van der Waals surface area contributed by atoms with Gasteiger partial charge in [-0.05, 0) is 112 Å². The van der Waals surface area contributed by atoms with E-state index < -0.39 is 0 Å². The first-order valence-corrected chi connectivity index (χ1v) is 18.2. The van der Waals surface area contributed by atoms with Gasteiger partial charge in [-0.2, -0.15) is 0 Å². The van der Waals surface area contributed by atoms with Crippen molar-refractivity contribution in [2.24, 2.45) is 0 Å². The predicted octanol–water partition coefficient (Wildman–Crippen LogP) is 10.6. The molecule has 0 unspecified atom stereocenters. The maximum Gasteiger partial charge on any atom is 0.118 e. The molecule has 0 saturated heterocycles. The van der Waals surface area contributed by atoms with Crippen LogP contribution in [0, 0.1) is 0 Å². The van der Waals surface area contributed by atoms with Gasteiger partial charge in [-0.25, -0.2) is 9.97 Å². The van der Waals surface area contributed by atoms with Gasteiger partial charge in [-0.3, -0.25) is 0 Å². The average molecular weight is 930 g/mol. The van der Waals surface area contributed by atoms with Gasteiger partial charge in [0.1, 0.15) is 23.0 Å². The van der Waals surface area contributed by atoms with Crippen LogP contribution < -0.4 is 28.9 Å². The maximum absolute atomic E-state index is 5.52. The summed E-state index contributed by atoms with van der Waals surface area (Å²) in [4.78, 5) is 21.4. The summed E-state index contributed by atoms with van der Waals surface area (Å²) in [5.74, 6) is 3.06. The van der Waals surface area contributed by atoms with Crippen LogP contribution in [-0.4, -0.2) is 38.4 Å². The standard InChI is InChI=1S/C48H36N4O4.Au/c1-53-33-13-5-29(6-14-33)45-37-21-23-39(49-37)46(30-7-15-34(54-2)16-8-30)41-25-27-43(51-41)48(32-11-19-36(56-4)20-12-32)44-28-26-42(52-44)47(40-24-22-38(45)50-40)31-9-17-35(55-3)18-10-31;/h5-28H,1-4H3;/q-2;. The summed E-state index contributed by atoms with van der Waals surface area (Å²) in [5.41, 5.74) is 13.7. The van der Waals surface area contributed by atoms with Gasteiger partial charge in [0.25, 0.3) is 0 Å². The Morgan fingerprint density at radius 3 is 0.860 bits per heavy atom. The molecule has 9 rings (SSSR count). The van der Waals surface area contributed by atoms with Gasteiger partial charge in [0, 0.05) is 27.9 Å². The Hall–Kier alpha value is -6.58. The Bertz CT molecular complexity index is 2670. The fourth-order valence-corrected chi connectivity index (χ4v) is 7.30. The van der Waals surface area contributed by atoms with Crippen LogP contribution in [0.4, 0.5) is 0 Å². The molecule has 0 fully saturated rings. The second kappa shape index (κ2) is 15.9. The summed E-state index contributed by atoms with van der Waals surface area (Å²) >= 11 is 0. The van der Waals surface area contributed by atoms with E-state index in [1.54, 1.807) is 28.4 Å². The normalized spacial score (nSPS) is 11.6. The molecule has 3 aromatic heterocycles. The van der Waals surface area contributed by atoms with Crippen molar-refractivity contribution in [1.82, 2.24) is 19.9 Å². The van der Waals surface area contributed by atoms with E-state index in [-0.39, 0.29) is 22.4 Å². The summed E-state index contributed by atoms with van der Waals surface area (Å²) in [7, 11) is 6.67. The zero-order chi connectivity index (χ0) is 38.2. The molecule has 0 saturated carbocycles. The monoisotopic (exact) mass is 929 g/mol. The Kier molecular flexibility index (Phi) is 10.4. The third-order valence-electron chi connectivity index (χ3n) is 10.1. The number of hydrogen-bond acceptors (Lipinski definition) is 6. The number of fused-ring (bicyclic) bond motifs is 8. The molecule has 8 bridgehead atoms. The van der Waals surface area contributed by atoms with Crippen molar-refractivity contribution in [3.8, 4) is 67.5 Å². The summed E-state index contributed by atoms with van der Waals surface area (Å²) in [6, 6.07) is 40.3. The van der Waals surface area contributed by atoms with Crippen LogP contribution in [-0.2, 0) is 22.4 Å². The van der Waals surface area contributed by atoms with Gasteiger partial charge in [0.15, 0.2) is 0 Å². The minimum absolute atomic E-state index is 0. The van der Waals surface area contributed by atoms with Crippen LogP contribution in [0.25, 0.3) is 90.9 Å². The molecule has 9 heteroatoms.